The Morgan fingerprint density at radius 2 is 2.14 bits per heavy atom. The molecule has 1 fully saturated rings. The molecule has 1 amide bonds. The van der Waals surface area contributed by atoms with Crippen molar-refractivity contribution < 1.29 is 9.53 Å². The largest absolute Gasteiger partial charge is 0.444 e. The van der Waals surface area contributed by atoms with Crippen LogP contribution in [0, 0.1) is 0 Å². The van der Waals surface area contributed by atoms with Crippen molar-refractivity contribution in [1.82, 2.24) is 9.88 Å². The van der Waals surface area contributed by atoms with Crippen molar-refractivity contribution in [3.63, 3.8) is 0 Å². The molecule has 0 N–H and O–H groups in total. The van der Waals surface area contributed by atoms with Crippen LogP contribution in [0.2, 0.25) is 0 Å². The molecule has 116 valence electrons. The number of rotatable bonds is 1. The number of carbonyl (C=O) groups is 1. The fourth-order valence-corrected chi connectivity index (χ4v) is 2.65. The first kappa shape index (κ1) is 16.1. The van der Waals surface area contributed by atoms with Gasteiger partial charge in [0.1, 0.15) is 11.4 Å². The summed E-state index contributed by atoms with van der Waals surface area (Å²) in [7, 11) is 0. The fraction of sp³-hybridized carbons (Fsp3) is 0.600. The van der Waals surface area contributed by atoms with Gasteiger partial charge in [0.05, 0.1) is 0 Å². The number of halogens is 1. The number of ether oxygens (including phenoxy) is 1. The molecule has 1 aromatic rings. The molecule has 1 aliphatic rings. The molecular weight excluding hydrogens is 334 g/mol. The molecular formula is C15H22BrN3O2. The van der Waals surface area contributed by atoms with Crippen molar-refractivity contribution in [2.75, 3.05) is 24.5 Å². The Morgan fingerprint density at radius 1 is 1.43 bits per heavy atom. The molecule has 1 aliphatic heterocycles. The van der Waals surface area contributed by atoms with Crippen molar-refractivity contribution in [3.8, 4) is 0 Å². The van der Waals surface area contributed by atoms with Gasteiger partial charge in [-0.25, -0.2) is 9.78 Å². The van der Waals surface area contributed by atoms with Crippen LogP contribution in [0.1, 0.15) is 27.7 Å². The van der Waals surface area contributed by atoms with E-state index in [0.29, 0.717) is 6.54 Å². The van der Waals surface area contributed by atoms with Crippen molar-refractivity contribution in [1.29, 1.82) is 0 Å². The molecule has 0 bridgehead atoms. The van der Waals surface area contributed by atoms with E-state index in [-0.39, 0.29) is 12.1 Å². The summed E-state index contributed by atoms with van der Waals surface area (Å²) < 4.78 is 6.46. The average Bonchev–Trinajstić information content (AvgIpc) is 2.36. The van der Waals surface area contributed by atoms with Gasteiger partial charge in [0.25, 0.3) is 0 Å². The normalized spacial score (nSPS) is 19.6. The summed E-state index contributed by atoms with van der Waals surface area (Å²) >= 11 is 3.46. The maximum atomic E-state index is 12.2. The molecule has 6 heteroatoms. The maximum Gasteiger partial charge on any atom is 0.410 e. The Balaban J connectivity index is 2.01. The first-order chi connectivity index (χ1) is 9.76. The van der Waals surface area contributed by atoms with Crippen molar-refractivity contribution in [2.45, 2.75) is 39.3 Å². The number of amides is 1. The second-order valence-corrected chi connectivity index (χ2v) is 7.22. The highest BCUT2D eigenvalue weighted by atomic mass is 79.9. The van der Waals surface area contributed by atoms with Crippen molar-refractivity contribution in [3.05, 3.63) is 22.8 Å². The van der Waals surface area contributed by atoms with Crippen LogP contribution in [0.5, 0.6) is 0 Å². The smallest absolute Gasteiger partial charge is 0.410 e. The molecule has 1 aromatic heterocycles. The van der Waals surface area contributed by atoms with Crippen LogP contribution in [0.3, 0.4) is 0 Å². The Kier molecular flexibility index (Phi) is 4.76. The lowest BCUT2D eigenvalue weighted by atomic mass is 10.2. The quantitative estimate of drug-likeness (QED) is 0.775. The minimum absolute atomic E-state index is 0.0920. The number of carbonyl (C=O) groups excluding carboxylic acids is 1. The highest BCUT2D eigenvalue weighted by Crippen LogP contribution is 2.21. The summed E-state index contributed by atoms with van der Waals surface area (Å²) in [5.74, 6) is 0.931. The predicted molar refractivity (Wildman–Crippen MR) is 86.6 cm³/mol. The summed E-state index contributed by atoms with van der Waals surface area (Å²) in [4.78, 5) is 20.6. The molecule has 5 nitrogen and oxygen atoms in total. The summed E-state index contributed by atoms with van der Waals surface area (Å²) in [6.07, 6.45) is 1.54. The average molecular weight is 356 g/mol. The first-order valence-corrected chi connectivity index (χ1v) is 7.92. The van der Waals surface area contributed by atoms with Crippen LogP contribution in [0.4, 0.5) is 10.6 Å². The zero-order valence-corrected chi connectivity index (χ0v) is 14.6. The summed E-state index contributed by atoms with van der Waals surface area (Å²) in [5, 5.41) is 0. The number of hydrogen-bond acceptors (Lipinski definition) is 4. The van der Waals surface area contributed by atoms with E-state index in [1.807, 2.05) is 39.8 Å². The van der Waals surface area contributed by atoms with E-state index in [0.717, 1.165) is 23.4 Å². The topological polar surface area (TPSA) is 45.7 Å². The number of nitrogens with zero attached hydrogens (tertiary/aromatic N) is 3. The van der Waals surface area contributed by atoms with Crippen molar-refractivity contribution in [2.24, 2.45) is 0 Å². The first-order valence-electron chi connectivity index (χ1n) is 7.12. The SMILES string of the molecule is C[C@H]1CN(c2cc(Br)ccn2)CCN1C(=O)OC(C)(C)C. The number of anilines is 1. The molecule has 0 aliphatic carbocycles. The van der Waals surface area contributed by atoms with E-state index in [2.05, 4.69) is 25.8 Å². The van der Waals surface area contributed by atoms with Gasteiger partial charge in [0, 0.05) is 36.3 Å². The molecule has 2 rings (SSSR count). The summed E-state index contributed by atoms with van der Waals surface area (Å²) in [5.41, 5.74) is -0.459. The van der Waals surface area contributed by atoms with Gasteiger partial charge in [0.2, 0.25) is 0 Å². The van der Waals surface area contributed by atoms with Crippen LogP contribution in [0.15, 0.2) is 22.8 Å². The third kappa shape index (κ3) is 4.33. The van der Waals surface area contributed by atoms with Gasteiger partial charge in [0.15, 0.2) is 0 Å². The Labute approximate surface area is 134 Å². The van der Waals surface area contributed by atoms with Crippen LogP contribution in [0.25, 0.3) is 0 Å². The highest BCUT2D eigenvalue weighted by Gasteiger charge is 2.31. The Hall–Kier alpha value is -1.30. The van der Waals surface area contributed by atoms with Gasteiger partial charge >= 0.3 is 6.09 Å². The molecule has 0 unspecified atom stereocenters. The van der Waals surface area contributed by atoms with Crippen LogP contribution >= 0.6 is 15.9 Å². The zero-order chi connectivity index (χ0) is 15.6. The highest BCUT2D eigenvalue weighted by molar-refractivity contribution is 9.10. The second-order valence-electron chi connectivity index (χ2n) is 6.30. The lowest BCUT2D eigenvalue weighted by Crippen LogP contribution is -2.55. The van der Waals surface area contributed by atoms with E-state index < -0.39 is 5.60 Å². The summed E-state index contributed by atoms with van der Waals surface area (Å²) in [6, 6.07) is 3.99. The monoisotopic (exact) mass is 355 g/mol. The van der Waals surface area contributed by atoms with E-state index in [1.54, 1.807) is 11.1 Å². The van der Waals surface area contributed by atoms with Gasteiger partial charge in [-0.2, -0.15) is 0 Å². The standard InChI is InChI=1S/C15H22BrN3O2/c1-11-10-18(13-9-12(16)5-6-17-13)7-8-19(11)14(20)21-15(2,3)4/h5-6,9,11H,7-8,10H2,1-4H3/t11-/m0/s1. The van der Waals surface area contributed by atoms with Gasteiger partial charge in [-0.15, -0.1) is 0 Å². The minimum Gasteiger partial charge on any atom is -0.444 e. The summed E-state index contributed by atoms with van der Waals surface area (Å²) in [6.45, 7) is 9.85. The molecule has 1 saturated heterocycles. The van der Waals surface area contributed by atoms with Crippen LogP contribution in [-0.2, 0) is 4.74 Å². The molecule has 1 atom stereocenters. The molecule has 0 spiro atoms. The van der Waals surface area contributed by atoms with E-state index in [4.69, 9.17) is 4.74 Å². The van der Waals surface area contributed by atoms with Gasteiger partial charge in [-0.3, -0.25) is 0 Å². The number of hydrogen-bond donors (Lipinski definition) is 0. The van der Waals surface area contributed by atoms with E-state index >= 15 is 0 Å². The molecule has 2 heterocycles. The second kappa shape index (κ2) is 6.22. The predicted octanol–water partition coefficient (Wildman–Crippen LogP) is 3.29. The number of aromatic nitrogens is 1. The molecule has 0 aromatic carbocycles. The minimum atomic E-state index is -0.459. The Bertz CT molecular complexity index is 516. The molecule has 21 heavy (non-hydrogen) atoms. The maximum absolute atomic E-state index is 12.2. The van der Waals surface area contributed by atoms with Gasteiger partial charge in [-0.1, -0.05) is 15.9 Å². The Morgan fingerprint density at radius 3 is 2.71 bits per heavy atom. The number of pyridine rings is 1. The lowest BCUT2D eigenvalue weighted by Gasteiger charge is -2.40. The van der Waals surface area contributed by atoms with Crippen LogP contribution < -0.4 is 4.90 Å². The van der Waals surface area contributed by atoms with Gasteiger partial charge in [-0.05, 0) is 39.8 Å². The van der Waals surface area contributed by atoms with Crippen LogP contribution in [-0.4, -0.2) is 47.3 Å². The third-order valence-electron chi connectivity index (χ3n) is 3.29. The van der Waals surface area contributed by atoms with E-state index in [1.165, 1.54) is 0 Å². The van der Waals surface area contributed by atoms with Crippen molar-refractivity contribution >= 4 is 27.8 Å². The molecule has 0 saturated carbocycles. The van der Waals surface area contributed by atoms with Gasteiger partial charge < -0.3 is 14.5 Å². The molecule has 0 radical (unpaired) electrons. The van der Waals surface area contributed by atoms with E-state index in [9.17, 15) is 4.79 Å². The third-order valence-corrected chi connectivity index (χ3v) is 3.78. The number of piperazine rings is 1. The fourth-order valence-electron chi connectivity index (χ4n) is 2.32. The zero-order valence-electron chi connectivity index (χ0n) is 13.0. The lowest BCUT2D eigenvalue weighted by molar-refractivity contribution is 0.0158.